The number of hydrogen-bond acceptors (Lipinski definition) is 2. The molecule has 0 aromatic rings. The molecule has 3 heteroatoms. The molecule has 1 aliphatic carbocycles. The molecule has 0 bridgehead atoms. The Bertz CT molecular complexity index is 158. The van der Waals surface area contributed by atoms with Crippen LogP contribution in [0.4, 0.5) is 4.79 Å². The maximum absolute atomic E-state index is 10.7. The van der Waals surface area contributed by atoms with E-state index in [9.17, 15) is 4.79 Å². The minimum Gasteiger partial charge on any atom is -0.446 e. The van der Waals surface area contributed by atoms with Crippen molar-refractivity contribution in [2.24, 2.45) is 5.92 Å². The van der Waals surface area contributed by atoms with Crippen LogP contribution in [-0.2, 0) is 4.74 Å². The quantitative estimate of drug-likeness (QED) is 0.544. The fourth-order valence-corrected chi connectivity index (χ4v) is 1.79. The molecule has 10 heavy (non-hydrogen) atoms. The first-order valence-electron chi connectivity index (χ1n) is 3.81. The highest BCUT2D eigenvalue weighted by atomic mass is 16.6. The van der Waals surface area contributed by atoms with Crippen LogP contribution in [0, 0.1) is 5.92 Å². The molecule has 56 valence electrons. The zero-order valence-corrected chi connectivity index (χ0v) is 5.80. The highest BCUT2D eigenvalue weighted by molar-refractivity contribution is 5.68. The Kier molecular flexibility index (Phi) is 1.29. The van der Waals surface area contributed by atoms with E-state index >= 15 is 0 Å². The van der Waals surface area contributed by atoms with Crippen LogP contribution in [0.1, 0.15) is 19.3 Å². The zero-order valence-electron chi connectivity index (χ0n) is 5.80. The molecule has 1 aliphatic heterocycles. The van der Waals surface area contributed by atoms with Gasteiger partial charge in [0.2, 0.25) is 0 Å². The van der Waals surface area contributed by atoms with E-state index in [-0.39, 0.29) is 12.2 Å². The van der Waals surface area contributed by atoms with Crippen molar-refractivity contribution in [3.63, 3.8) is 0 Å². The lowest BCUT2D eigenvalue weighted by molar-refractivity contribution is 0.0526. The average molecular weight is 141 g/mol. The number of ether oxygens (including phenoxy) is 1. The Labute approximate surface area is 59.7 Å². The van der Waals surface area contributed by atoms with Crippen molar-refractivity contribution in [3.05, 3.63) is 0 Å². The third kappa shape index (κ3) is 0.856. The third-order valence-corrected chi connectivity index (χ3v) is 2.36. The van der Waals surface area contributed by atoms with Gasteiger partial charge in [0.1, 0.15) is 6.10 Å². The molecule has 0 spiro atoms. The highest BCUT2D eigenvalue weighted by Crippen LogP contribution is 2.29. The molecule has 1 saturated carbocycles. The first-order valence-corrected chi connectivity index (χ1v) is 3.81. The average Bonchev–Trinajstić information content (AvgIpc) is 2.33. The minimum atomic E-state index is -0.233. The lowest BCUT2D eigenvalue weighted by Crippen LogP contribution is -2.42. The lowest BCUT2D eigenvalue weighted by atomic mass is 10.1. The summed E-state index contributed by atoms with van der Waals surface area (Å²) in [5.74, 6) is 0.595. The van der Waals surface area contributed by atoms with Crippen LogP contribution in [0.2, 0.25) is 0 Å². The Morgan fingerprint density at radius 1 is 1.50 bits per heavy atom. The molecule has 0 unspecified atom stereocenters. The van der Waals surface area contributed by atoms with E-state index in [1.165, 1.54) is 12.8 Å². The number of carbonyl (C=O) groups excluding carboxylic acids is 1. The second kappa shape index (κ2) is 2.15. The molecule has 0 aromatic carbocycles. The van der Waals surface area contributed by atoms with Crippen LogP contribution in [0.5, 0.6) is 0 Å². The smallest absolute Gasteiger partial charge is 0.407 e. The number of rotatable bonds is 0. The SMILES string of the molecule is O=C1NC[C@H]2CCC[C@@H]2O1. The van der Waals surface area contributed by atoms with Crippen molar-refractivity contribution >= 4 is 6.09 Å². The van der Waals surface area contributed by atoms with E-state index in [1.54, 1.807) is 0 Å². The number of nitrogens with one attached hydrogen (secondary N) is 1. The van der Waals surface area contributed by atoms with Crippen LogP contribution in [0.25, 0.3) is 0 Å². The van der Waals surface area contributed by atoms with Crippen molar-refractivity contribution < 1.29 is 9.53 Å². The molecule has 1 N–H and O–H groups in total. The zero-order chi connectivity index (χ0) is 6.97. The van der Waals surface area contributed by atoms with Crippen molar-refractivity contribution in [3.8, 4) is 0 Å². The number of amides is 1. The van der Waals surface area contributed by atoms with Gasteiger partial charge in [-0.05, 0) is 19.3 Å². The Morgan fingerprint density at radius 2 is 2.40 bits per heavy atom. The Balaban J connectivity index is 2.03. The third-order valence-electron chi connectivity index (χ3n) is 2.36. The Hall–Kier alpha value is -0.730. The van der Waals surface area contributed by atoms with Gasteiger partial charge in [-0.25, -0.2) is 4.79 Å². The summed E-state index contributed by atoms with van der Waals surface area (Å²) < 4.78 is 5.06. The van der Waals surface area contributed by atoms with Crippen LogP contribution in [0.3, 0.4) is 0 Å². The van der Waals surface area contributed by atoms with Gasteiger partial charge in [0.05, 0.1) is 0 Å². The van der Waals surface area contributed by atoms with Crippen molar-refractivity contribution in [2.75, 3.05) is 6.54 Å². The van der Waals surface area contributed by atoms with Crippen LogP contribution < -0.4 is 5.32 Å². The van der Waals surface area contributed by atoms with Gasteiger partial charge in [-0.1, -0.05) is 0 Å². The second-order valence-corrected chi connectivity index (χ2v) is 3.02. The van der Waals surface area contributed by atoms with Gasteiger partial charge in [-0.2, -0.15) is 0 Å². The monoisotopic (exact) mass is 141 g/mol. The van der Waals surface area contributed by atoms with E-state index < -0.39 is 0 Å². The summed E-state index contributed by atoms with van der Waals surface area (Å²) >= 11 is 0. The topological polar surface area (TPSA) is 38.3 Å². The van der Waals surface area contributed by atoms with Crippen LogP contribution in [-0.4, -0.2) is 18.7 Å². The largest absolute Gasteiger partial charge is 0.446 e. The standard InChI is InChI=1S/C7H11NO2/c9-7-8-4-5-2-1-3-6(5)10-7/h5-6H,1-4H2,(H,8,9)/t5-,6+/m1/s1. The lowest BCUT2D eigenvalue weighted by Gasteiger charge is -2.25. The maximum atomic E-state index is 10.7. The second-order valence-electron chi connectivity index (χ2n) is 3.02. The number of alkyl carbamates (subject to hydrolysis) is 1. The van der Waals surface area contributed by atoms with Crippen molar-refractivity contribution in [1.82, 2.24) is 5.32 Å². The summed E-state index contributed by atoms with van der Waals surface area (Å²) in [5, 5.41) is 2.69. The summed E-state index contributed by atoms with van der Waals surface area (Å²) in [4.78, 5) is 10.7. The first-order chi connectivity index (χ1) is 4.86. The van der Waals surface area contributed by atoms with E-state index in [0.29, 0.717) is 5.92 Å². The molecule has 2 atom stereocenters. The fourth-order valence-electron chi connectivity index (χ4n) is 1.79. The predicted octanol–water partition coefficient (Wildman–Crippen LogP) is 0.895. The summed E-state index contributed by atoms with van der Waals surface area (Å²) in [6.45, 7) is 0.823. The molecule has 1 amide bonds. The van der Waals surface area contributed by atoms with Crippen LogP contribution in [0.15, 0.2) is 0 Å². The fraction of sp³-hybridized carbons (Fsp3) is 0.857. The molecule has 2 fully saturated rings. The summed E-state index contributed by atoms with van der Waals surface area (Å²) in [6, 6.07) is 0. The molecule has 0 radical (unpaired) electrons. The normalized spacial score (nSPS) is 38.2. The van der Waals surface area contributed by atoms with E-state index in [2.05, 4.69) is 5.32 Å². The molecule has 1 saturated heterocycles. The van der Waals surface area contributed by atoms with Gasteiger partial charge in [0, 0.05) is 12.5 Å². The maximum Gasteiger partial charge on any atom is 0.407 e. The summed E-state index contributed by atoms with van der Waals surface area (Å²) in [5.41, 5.74) is 0. The summed E-state index contributed by atoms with van der Waals surface area (Å²) in [6.07, 6.45) is 3.49. The van der Waals surface area contributed by atoms with Crippen LogP contribution >= 0.6 is 0 Å². The highest BCUT2D eigenvalue weighted by Gasteiger charge is 2.33. The predicted molar refractivity (Wildman–Crippen MR) is 35.6 cm³/mol. The molecule has 2 aliphatic rings. The van der Waals surface area contributed by atoms with Crippen molar-refractivity contribution in [2.45, 2.75) is 25.4 Å². The van der Waals surface area contributed by atoms with E-state index in [1.807, 2.05) is 0 Å². The molecule has 2 rings (SSSR count). The van der Waals surface area contributed by atoms with Gasteiger partial charge in [-0.15, -0.1) is 0 Å². The molecular formula is C7H11NO2. The number of hydrogen-bond donors (Lipinski definition) is 1. The van der Waals surface area contributed by atoms with Crippen molar-refractivity contribution in [1.29, 1.82) is 0 Å². The van der Waals surface area contributed by atoms with Gasteiger partial charge in [-0.3, -0.25) is 0 Å². The van der Waals surface area contributed by atoms with Gasteiger partial charge in [0.25, 0.3) is 0 Å². The van der Waals surface area contributed by atoms with Gasteiger partial charge < -0.3 is 10.1 Å². The minimum absolute atomic E-state index is 0.230. The van der Waals surface area contributed by atoms with E-state index in [0.717, 1.165) is 13.0 Å². The molecular weight excluding hydrogens is 130 g/mol. The number of carbonyl (C=O) groups is 1. The van der Waals surface area contributed by atoms with E-state index in [4.69, 9.17) is 4.74 Å². The molecule has 1 heterocycles. The summed E-state index contributed by atoms with van der Waals surface area (Å²) in [7, 11) is 0. The molecule has 0 aromatic heterocycles. The molecule has 3 nitrogen and oxygen atoms in total. The van der Waals surface area contributed by atoms with Gasteiger partial charge in [0.15, 0.2) is 0 Å². The first kappa shape index (κ1) is 6.01. The Morgan fingerprint density at radius 3 is 3.30 bits per heavy atom. The number of fused-ring (bicyclic) bond motifs is 1. The van der Waals surface area contributed by atoms with Gasteiger partial charge >= 0.3 is 6.09 Å².